The van der Waals surface area contributed by atoms with Gasteiger partial charge < -0.3 is 58.0 Å². The molecule has 2 saturated heterocycles. The van der Waals surface area contributed by atoms with E-state index in [2.05, 4.69) is 14.8 Å². The summed E-state index contributed by atoms with van der Waals surface area (Å²) in [5.41, 5.74) is 4.56. The lowest BCUT2D eigenvalue weighted by molar-refractivity contribution is -0.255. The number of anilines is 4. The van der Waals surface area contributed by atoms with Gasteiger partial charge in [0, 0.05) is 76.8 Å². The first kappa shape index (κ1) is 51.2. The number of ether oxygens (including phenoxy) is 5. The van der Waals surface area contributed by atoms with E-state index < -0.39 is 29.8 Å². The van der Waals surface area contributed by atoms with Crippen LogP contribution in [0.4, 0.5) is 22.7 Å². The second kappa shape index (κ2) is 23.7. The molecule has 1 N–H and O–H groups in total. The molecule has 0 bridgehead atoms. The Kier molecular flexibility index (Phi) is 16.9. The van der Waals surface area contributed by atoms with Gasteiger partial charge in [-0.05, 0) is 73.5 Å². The summed E-state index contributed by atoms with van der Waals surface area (Å²) < 4.78 is 35.8. The molecule has 3 aliphatic heterocycles. The van der Waals surface area contributed by atoms with Gasteiger partial charge in [-0.2, -0.15) is 9.59 Å². The highest BCUT2D eigenvalue weighted by Gasteiger charge is 2.26. The van der Waals surface area contributed by atoms with E-state index in [0.29, 0.717) is 57.6 Å². The van der Waals surface area contributed by atoms with Gasteiger partial charge >= 0.3 is 24.1 Å². The van der Waals surface area contributed by atoms with Crippen LogP contribution in [0.1, 0.15) is 40.5 Å². The van der Waals surface area contributed by atoms with Gasteiger partial charge in [0.05, 0.1) is 51.2 Å². The highest BCUT2D eigenvalue weighted by Crippen LogP contribution is 2.43. The third-order valence-corrected chi connectivity index (χ3v) is 12.3. The van der Waals surface area contributed by atoms with E-state index in [4.69, 9.17) is 37.7 Å². The average Bonchev–Trinajstić information content (AvgIpc) is 3.35. The van der Waals surface area contributed by atoms with E-state index >= 15 is 0 Å². The van der Waals surface area contributed by atoms with Crippen molar-refractivity contribution in [1.82, 2.24) is 4.58 Å². The van der Waals surface area contributed by atoms with E-state index in [1.807, 2.05) is 43.3 Å². The predicted octanol–water partition coefficient (Wildman–Crippen LogP) is 4.23. The second-order valence-electron chi connectivity index (χ2n) is 16.6. The number of carboxylic acid groups (broad SMARTS) is 1. The molecule has 19 heteroatoms. The molecule has 0 atom stereocenters. The Morgan fingerprint density at radius 2 is 1.36 bits per heavy atom. The summed E-state index contributed by atoms with van der Waals surface area (Å²) in [6, 6.07) is 28.2. The topological polar surface area (TPSA) is 227 Å². The van der Waals surface area contributed by atoms with Gasteiger partial charge in [0.25, 0.3) is 5.91 Å². The van der Waals surface area contributed by atoms with Gasteiger partial charge in [0.1, 0.15) is 68.8 Å². The van der Waals surface area contributed by atoms with Crippen molar-refractivity contribution in [3.63, 3.8) is 0 Å². The van der Waals surface area contributed by atoms with Crippen LogP contribution in [0.25, 0.3) is 33.4 Å². The Morgan fingerprint density at radius 3 is 1.97 bits per heavy atom. The predicted molar refractivity (Wildman–Crippen MR) is 262 cm³/mol. The highest BCUT2D eigenvalue weighted by molar-refractivity contribution is 6.11. The average molecular weight is 984 g/mol. The molecule has 4 aliphatic rings. The quantitative estimate of drug-likeness (QED) is 0.0394. The van der Waals surface area contributed by atoms with Crippen LogP contribution < -0.4 is 44.5 Å². The normalized spacial score (nSPS) is 12.5. The number of methoxy groups -OCH3 is 3. The molecule has 4 aromatic carbocycles. The fourth-order valence-electron chi connectivity index (χ4n) is 8.34. The van der Waals surface area contributed by atoms with Gasteiger partial charge in [-0.1, -0.05) is 18.2 Å². The van der Waals surface area contributed by atoms with Crippen LogP contribution in [0.3, 0.4) is 0 Å². The summed E-state index contributed by atoms with van der Waals surface area (Å²) >= 11 is 0. The first-order chi connectivity index (χ1) is 34.9. The zero-order valence-electron chi connectivity index (χ0n) is 40.2. The number of likely N-dealkylation sites (N-methyl/N-ethyl adjacent to an activating group) is 1. The maximum atomic E-state index is 14.0. The summed E-state index contributed by atoms with van der Waals surface area (Å²) in [6.45, 7) is 5.45. The van der Waals surface area contributed by atoms with Crippen LogP contribution in [-0.4, -0.2) is 123 Å². The first-order valence-corrected chi connectivity index (χ1v) is 23.1. The smallest absolute Gasteiger partial charge is 0.373 e. The number of carboxylic acids is 1. The number of aromatic carboxylic acids is 1. The molecule has 2 fully saturated rings. The van der Waals surface area contributed by atoms with Gasteiger partial charge in [0.2, 0.25) is 5.36 Å². The third kappa shape index (κ3) is 11.8. The van der Waals surface area contributed by atoms with E-state index in [-0.39, 0.29) is 50.1 Å². The minimum atomic E-state index is -1.45. The number of amides is 1. The van der Waals surface area contributed by atoms with Crippen molar-refractivity contribution in [3.8, 4) is 33.9 Å². The van der Waals surface area contributed by atoms with Crippen molar-refractivity contribution < 1.29 is 66.8 Å². The lowest BCUT2D eigenvalue weighted by Crippen LogP contribution is -2.40. The molecule has 8 rings (SSSR count). The monoisotopic (exact) mass is 983 g/mol. The van der Waals surface area contributed by atoms with Gasteiger partial charge in [-0.15, -0.1) is 0 Å². The van der Waals surface area contributed by atoms with E-state index in [0.717, 1.165) is 61.0 Å². The maximum Gasteiger partial charge on any atom is 0.373 e. The molecule has 19 nitrogen and oxygen atoms in total. The Morgan fingerprint density at radius 1 is 0.722 bits per heavy atom. The molecule has 72 heavy (non-hydrogen) atoms. The van der Waals surface area contributed by atoms with E-state index in [9.17, 15) is 29.1 Å². The van der Waals surface area contributed by atoms with Crippen LogP contribution >= 0.6 is 0 Å². The fraction of sp³-hybridized carbons (Fsp3) is 0.302. The minimum absolute atomic E-state index is 0.00189. The fourth-order valence-corrected chi connectivity index (χ4v) is 8.34. The number of fused-ring (bicyclic) bond motifs is 2. The summed E-state index contributed by atoms with van der Waals surface area (Å²) in [6.07, 6.45) is 2.47. The molecule has 0 unspecified atom stereocenters. The van der Waals surface area contributed by atoms with Crippen molar-refractivity contribution in [2.75, 3.05) is 107 Å². The number of rotatable bonds is 19. The van der Waals surface area contributed by atoms with Crippen LogP contribution in [0.2, 0.25) is 0 Å². The number of carbonyl (C=O) groups excluding carboxylic acids is 7. The van der Waals surface area contributed by atoms with E-state index in [1.54, 1.807) is 59.5 Å². The Bertz CT molecular complexity index is 3040. The summed E-state index contributed by atoms with van der Waals surface area (Å²) in [4.78, 5) is 85.8. The van der Waals surface area contributed by atoms with Crippen LogP contribution in [0.15, 0.2) is 101 Å². The zero-order valence-corrected chi connectivity index (χ0v) is 40.2. The zero-order chi connectivity index (χ0) is 51.3. The lowest BCUT2D eigenvalue weighted by Gasteiger charge is -2.33. The Hall–Kier alpha value is -8.70. The van der Waals surface area contributed by atoms with Gasteiger partial charge in [-0.25, -0.2) is 4.58 Å². The molecule has 0 spiro atoms. The largest absolute Gasteiger partial charge is 0.545 e. The molecule has 0 radical (unpaired) electrons. The van der Waals surface area contributed by atoms with Crippen molar-refractivity contribution in [2.45, 2.75) is 19.8 Å². The Balaban J connectivity index is 0.00000247. The molecule has 4 aromatic rings. The number of nitrogens with one attached hydrogen (secondary N) is 1. The van der Waals surface area contributed by atoms with Gasteiger partial charge in [-0.3, -0.25) is 19.2 Å². The number of carbonyl (C=O) groups is 5. The number of esters is 3. The summed E-state index contributed by atoms with van der Waals surface area (Å²) in [5, 5.41) is 17.7. The number of hydrogen-bond acceptors (Lipinski definition) is 17. The molecule has 374 valence electrons. The van der Waals surface area contributed by atoms with Crippen LogP contribution in [0, 0.1) is 0 Å². The molecule has 0 saturated carbocycles. The third-order valence-electron chi connectivity index (χ3n) is 12.3. The minimum Gasteiger partial charge on any atom is -0.545 e. The van der Waals surface area contributed by atoms with Crippen LogP contribution in [0.5, 0.6) is 11.5 Å². The SMILES string of the molecule is CCN(CC(=O)OC)c1ccc(NC(=O)c2ccc(-c3c4ccc(=[N+]5CCC5)cc-4oc4cc(N5CCC5)ccc34)c(C(=O)[O-])c2)cc1OCCOc1ccccc1N(CC(=O)OC)CC(=O)OC.O=C=O. The van der Waals surface area contributed by atoms with Gasteiger partial charge in [0.15, 0.2) is 0 Å². The van der Waals surface area contributed by atoms with Crippen molar-refractivity contribution in [1.29, 1.82) is 0 Å². The number of hydrogen-bond donors (Lipinski definition) is 1. The number of para-hydroxylation sites is 2. The summed E-state index contributed by atoms with van der Waals surface area (Å²) in [5.74, 6) is -2.41. The summed E-state index contributed by atoms with van der Waals surface area (Å²) in [7, 11) is 3.80. The van der Waals surface area contributed by atoms with E-state index in [1.165, 1.54) is 32.3 Å². The standard InChI is InChI=1S/C52H53N5O12.CO2/c1-5-54(30-47(58)64-2)42-19-13-34(27-46(42)68-25-24-67-43-11-7-6-10-41(43)57(31-48(59)65-3)32-49(60)66-4)53-51(61)33-12-16-37(40(26-33)52(62)63)50-38-17-14-35(55-20-8-21-55)28-44(38)69-45-29-36(15-18-39(45)50)56-22-9-23-56;2-1-3/h6-7,10-19,26-29H,5,8-9,20-25,30-32H2,1-4H3,(H-,53,61,62,63);. The number of nitrogens with zero attached hydrogens (tertiary/aromatic N) is 4. The second-order valence-corrected chi connectivity index (χ2v) is 16.6. The number of benzene rings is 5. The lowest BCUT2D eigenvalue weighted by atomic mass is 9.89. The molecular weight excluding hydrogens is 931 g/mol. The maximum absolute atomic E-state index is 14.0. The van der Waals surface area contributed by atoms with Crippen molar-refractivity contribution in [2.24, 2.45) is 0 Å². The first-order valence-electron chi connectivity index (χ1n) is 23.1. The molecule has 0 aromatic heterocycles. The molecular formula is C53H53N5O14. The van der Waals surface area contributed by atoms with Crippen molar-refractivity contribution >= 4 is 69.7 Å². The molecule has 1 amide bonds. The van der Waals surface area contributed by atoms with Crippen molar-refractivity contribution in [3.05, 3.63) is 114 Å². The molecule has 1 aliphatic carbocycles. The van der Waals surface area contributed by atoms with Crippen LogP contribution in [-0.2, 0) is 38.2 Å². The Labute approximate surface area is 414 Å². The molecule has 3 heterocycles. The highest BCUT2D eigenvalue weighted by atomic mass is 16.5.